The van der Waals surface area contributed by atoms with Crippen LogP contribution in [0.3, 0.4) is 0 Å². The second kappa shape index (κ2) is 27.1. The summed E-state index contributed by atoms with van der Waals surface area (Å²) in [6.07, 6.45) is 27.1. The Bertz CT molecular complexity index is 813. The van der Waals surface area contributed by atoms with Crippen LogP contribution in [0.15, 0.2) is 36.5 Å². The van der Waals surface area contributed by atoms with Crippen LogP contribution in [0.5, 0.6) is 0 Å². The molecule has 0 aliphatic heterocycles. The summed E-state index contributed by atoms with van der Waals surface area (Å²) in [7, 11) is 5.48. The van der Waals surface area contributed by atoms with E-state index in [-0.39, 0.29) is 36.2 Å². The summed E-state index contributed by atoms with van der Waals surface area (Å²) < 4.78 is 16.8. The number of unbranched alkanes of at least 4 members (excludes halogenated alkanes) is 8. The topological polar surface area (TPSA) is 99.1 Å². The van der Waals surface area contributed by atoms with E-state index in [9.17, 15) is 19.5 Å². The first-order chi connectivity index (χ1) is 20.6. The molecule has 43 heavy (non-hydrogen) atoms. The Kier molecular flexibility index (Phi) is 25.6. The number of carbonyl (C=O) groups is 3. The van der Waals surface area contributed by atoms with E-state index in [1.807, 2.05) is 28.1 Å². The monoisotopic (exact) mass is 608 g/mol. The molecule has 0 spiro atoms. The van der Waals surface area contributed by atoms with Gasteiger partial charge in [-0.3, -0.25) is 9.59 Å². The van der Waals surface area contributed by atoms with Crippen molar-refractivity contribution in [2.45, 2.75) is 129 Å². The van der Waals surface area contributed by atoms with Gasteiger partial charge in [-0.05, 0) is 44.9 Å². The average molecular weight is 609 g/mol. The normalized spacial score (nSPS) is 13.6. The van der Waals surface area contributed by atoms with E-state index in [1.165, 1.54) is 25.7 Å². The molecule has 2 atom stereocenters. The van der Waals surface area contributed by atoms with E-state index >= 15 is 0 Å². The minimum absolute atomic E-state index is 0.0544. The Morgan fingerprint density at radius 1 is 0.721 bits per heavy atom. The molecule has 0 aliphatic rings. The fraction of sp³-hybridized carbons (Fsp3) is 0.743. The van der Waals surface area contributed by atoms with E-state index in [0.717, 1.165) is 57.8 Å². The maximum Gasteiger partial charge on any atom is 0.362 e. The number of hydrogen-bond donors (Lipinski definition) is 1. The largest absolute Gasteiger partial charge is 0.477 e. The maximum absolute atomic E-state index is 12.5. The van der Waals surface area contributed by atoms with Gasteiger partial charge < -0.3 is 23.8 Å². The zero-order valence-corrected chi connectivity index (χ0v) is 27.9. The van der Waals surface area contributed by atoms with Crippen molar-refractivity contribution in [2.75, 3.05) is 41.0 Å². The Hall–Kier alpha value is -2.45. The fourth-order valence-electron chi connectivity index (χ4n) is 4.43. The van der Waals surface area contributed by atoms with E-state index < -0.39 is 18.1 Å². The van der Waals surface area contributed by atoms with Crippen molar-refractivity contribution in [1.29, 1.82) is 0 Å². The summed E-state index contributed by atoms with van der Waals surface area (Å²) in [5.41, 5.74) is 0. The van der Waals surface area contributed by atoms with Gasteiger partial charge in [0.2, 0.25) is 0 Å². The standard InChI is InChI=1S/C35H61NO7/c1-6-8-10-11-12-13-14-15-16-17-18-19-20-21-22-23-24-26-34(38)43-31(30-42-33(37)25-9-7-2)29-41-28-27-32(35(39)40)36(3,4)5/h8,10,12-13,15-16,31-32H,6-7,9,11,14,17-30H2,1-5H3/p+1/b10-8-,13-12-,16-15-. The number of nitrogens with zero attached hydrogens (tertiary/aromatic N) is 1. The summed E-state index contributed by atoms with van der Waals surface area (Å²) in [5, 5.41) is 9.49. The number of carboxylic acid groups (broad SMARTS) is 1. The van der Waals surface area contributed by atoms with Gasteiger partial charge in [0.1, 0.15) is 6.61 Å². The number of esters is 2. The number of quaternary nitrogens is 1. The highest BCUT2D eigenvalue weighted by Crippen LogP contribution is 2.12. The summed E-state index contributed by atoms with van der Waals surface area (Å²) in [4.78, 5) is 36.0. The lowest BCUT2D eigenvalue weighted by Gasteiger charge is -2.31. The SMILES string of the molecule is CC/C=C\C/C=C\C/C=C\CCCCCCCCCC(=O)OC(COCCC(C(=O)O)[N+](C)(C)C)COC(=O)CCCC. The summed E-state index contributed by atoms with van der Waals surface area (Å²) in [5.74, 6) is -1.53. The molecule has 0 rings (SSSR count). The van der Waals surface area contributed by atoms with Crippen LogP contribution < -0.4 is 0 Å². The number of allylic oxidation sites excluding steroid dienone is 6. The van der Waals surface area contributed by atoms with Gasteiger partial charge >= 0.3 is 17.9 Å². The Morgan fingerprint density at radius 2 is 1.30 bits per heavy atom. The molecular weight excluding hydrogens is 546 g/mol. The summed E-state index contributed by atoms with van der Waals surface area (Å²) >= 11 is 0. The molecule has 0 radical (unpaired) electrons. The van der Waals surface area contributed by atoms with Gasteiger partial charge in [0.05, 0.1) is 34.4 Å². The maximum atomic E-state index is 12.5. The van der Waals surface area contributed by atoms with Crippen molar-refractivity contribution < 1.29 is 38.2 Å². The molecule has 0 saturated heterocycles. The smallest absolute Gasteiger partial charge is 0.362 e. The van der Waals surface area contributed by atoms with E-state index in [1.54, 1.807) is 0 Å². The van der Waals surface area contributed by atoms with Crippen LogP contribution in [0.25, 0.3) is 0 Å². The van der Waals surface area contributed by atoms with Gasteiger partial charge in [-0.2, -0.15) is 0 Å². The van der Waals surface area contributed by atoms with Crippen molar-refractivity contribution in [3.8, 4) is 0 Å². The molecule has 0 aliphatic carbocycles. The summed E-state index contributed by atoms with van der Waals surface area (Å²) in [6, 6.07) is -0.611. The highest BCUT2D eigenvalue weighted by molar-refractivity contribution is 5.72. The first kappa shape index (κ1) is 40.5. The van der Waals surface area contributed by atoms with Crippen LogP contribution in [-0.4, -0.2) is 80.6 Å². The number of carbonyl (C=O) groups excluding carboxylic acids is 2. The molecule has 0 fully saturated rings. The first-order valence-electron chi connectivity index (χ1n) is 16.5. The molecule has 0 bridgehead atoms. The van der Waals surface area contributed by atoms with Crippen LogP contribution >= 0.6 is 0 Å². The van der Waals surface area contributed by atoms with Crippen LogP contribution in [0.1, 0.15) is 117 Å². The molecule has 0 aromatic carbocycles. The molecule has 248 valence electrons. The molecule has 0 heterocycles. The predicted molar refractivity (Wildman–Crippen MR) is 174 cm³/mol. The molecule has 1 N–H and O–H groups in total. The number of likely N-dealkylation sites (N-methyl/N-ethyl adjacent to an activating group) is 1. The van der Waals surface area contributed by atoms with Gasteiger partial charge in [0.15, 0.2) is 12.1 Å². The summed E-state index contributed by atoms with van der Waals surface area (Å²) in [6.45, 7) is 4.34. The molecule has 2 unspecified atom stereocenters. The van der Waals surface area contributed by atoms with Crippen LogP contribution in [0, 0.1) is 0 Å². The quantitative estimate of drug-likeness (QED) is 0.0423. The second-order valence-electron chi connectivity index (χ2n) is 12.0. The number of rotatable bonds is 28. The van der Waals surface area contributed by atoms with Crippen molar-refractivity contribution in [3.63, 3.8) is 0 Å². The Morgan fingerprint density at radius 3 is 1.91 bits per heavy atom. The molecular formula is C35H62NO7+. The van der Waals surface area contributed by atoms with Gasteiger partial charge in [-0.25, -0.2) is 4.79 Å². The lowest BCUT2D eigenvalue weighted by Crippen LogP contribution is -2.50. The highest BCUT2D eigenvalue weighted by atomic mass is 16.6. The van der Waals surface area contributed by atoms with Crippen LogP contribution in [-0.2, 0) is 28.6 Å². The van der Waals surface area contributed by atoms with E-state index in [2.05, 4.69) is 43.4 Å². The molecule has 8 heteroatoms. The van der Waals surface area contributed by atoms with Crippen molar-refractivity contribution in [1.82, 2.24) is 0 Å². The Balaban J connectivity index is 4.21. The predicted octanol–water partition coefficient (Wildman–Crippen LogP) is 7.57. The van der Waals surface area contributed by atoms with E-state index in [4.69, 9.17) is 14.2 Å². The molecule has 8 nitrogen and oxygen atoms in total. The zero-order chi connectivity index (χ0) is 32.2. The average Bonchev–Trinajstić information content (AvgIpc) is 2.95. The van der Waals surface area contributed by atoms with Gasteiger partial charge in [0, 0.05) is 19.3 Å². The minimum Gasteiger partial charge on any atom is -0.477 e. The fourth-order valence-corrected chi connectivity index (χ4v) is 4.43. The highest BCUT2D eigenvalue weighted by Gasteiger charge is 2.31. The van der Waals surface area contributed by atoms with Crippen molar-refractivity contribution in [3.05, 3.63) is 36.5 Å². The zero-order valence-electron chi connectivity index (χ0n) is 27.9. The number of ether oxygens (including phenoxy) is 3. The van der Waals surface area contributed by atoms with Crippen LogP contribution in [0.4, 0.5) is 0 Å². The van der Waals surface area contributed by atoms with Gasteiger partial charge in [-0.1, -0.05) is 88.8 Å². The number of hydrogen-bond acceptors (Lipinski definition) is 6. The van der Waals surface area contributed by atoms with Gasteiger partial charge in [0.25, 0.3) is 0 Å². The molecule has 0 aromatic heterocycles. The lowest BCUT2D eigenvalue weighted by molar-refractivity contribution is -0.887. The third kappa shape index (κ3) is 25.7. The number of aliphatic carboxylic acids is 1. The minimum atomic E-state index is -0.883. The van der Waals surface area contributed by atoms with E-state index in [0.29, 0.717) is 19.3 Å². The van der Waals surface area contributed by atoms with Gasteiger partial charge in [-0.15, -0.1) is 0 Å². The first-order valence-corrected chi connectivity index (χ1v) is 16.5. The Labute approximate surface area is 262 Å². The number of carboxylic acids is 1. The molecule has 0 saturated carbocycles. The van der Waals surface area contributed by atoms with Crippen LogP contribution in [0.2, 0.25) is 0 Å². The lowest BCUT2D eigenvalue weighted by atomic mass is 10.1. The molecule has 0 amide bonds. The third-order valence-electron chi connectivity index (χ3n) is 7.05. The molecule has 0 aromatic rings. The second-order valence-corrected chi connectivity index (χ2v) is 12.0. The van der Waals surface area contributed by atoms with Crippen molar-refractivity contribution >= 4 is 17.9 Å². The van der Waals surface area contributed by atoms with Crippen molar-refractivity contribution in [2.24, 2.45) is 0 Å². The third-order valence-corrected chi connectivity index (χ3v) is 7.05.